The Kier molecular flexibility index (Phi) is 8.82. The van der Waals surface area contributed by atoms with Crippen molar-refractivity contribution in [1.82, 2.24) is 15.5 Å². The highest BCUT2D eigenvalue weighted by Gasteiger charge is 2.36. The average molecular weight is 416 g/mol. The summed E-state index contributed by atoms with van der Waals surface area (Å²) in [7, 11) is 3.66. The summed E-state index contributed by atoms with van der Waals surface area (Å²) < 4.78 is 5.30. The monoisotopic (exact) mass is 415 g/mol. The minimum Gasteiger partial charge on any atom is -0.385 e. The van der Waals surface area contributed by atoms with Crippen LogP contribution in [0.4, 0.5) is 5.69 Å². The van der Waals surface area contributed by atoms with E-state index >= 15 is 0 Å². The molecule has 2 aliphatic rings. The molecule has 168 valence electrons. The molecule has 0 bridgehead atoms. The molecule has 1 saturated heterocycles. The van der Waals surface area contributed by atoms with Crippen LogP contribution in [-0.4, -0.2) is 77.4 Å². The van der Waals surface area contributed by atoms with Gasteiger partial charge >= 0.3 is 0 Å². The lowest BCUT2D eigenvalue weighted by atomic mass is 9.67. The third-order valence-electron chi connectivity index (χ3n) is 6.79. The van der Waals surface area contributed by atoms with Crippen LogP contribution in [-0.2, 0) is 4.74 Å². The van der Waals surface area contributed by atoms with Crippen molar-refractivity contribution < 1.29 is 4.74 Å². The summed E-state index contributed by atoms with van der Waals surface area (Å²) in [6.07, 6.45) is 6.22. The summed E-state index contributed by atoms with van der Waals surface area (Å²) in [5.41, 5.74) is 3.11. The molecule has 0 radical (unpaired) electrons. The van der Waals surface area contributed by atoms with Crippen LogP contribution in [0, 0.1) is 12.3 Å². The van der Waals surface area contributed by atoms with Gasteiger partial charge in [-0.15, -0.1) is 0 Å². The Balaban J connectivity index is 1.30. The number of aryl methyl sites for hydroxylation is 1. The Hall–Kier alpha value is -1.79. The smallest absolute Gasteiger partial charge is 0.190 e. The summed E-state index contributed by atoms with van der Waals surface area (Å²) >= 11 is 0. The van der Waals surface area contributed by atoms with E-state index in [1.54, 1.807) is 7.11 Å². The van der Waals surface area contributed by atoms with Gasteiger partial charge in [-0.05, 0) is 62.3 Å². The molecule has 0 amide bonds. The molecule has 2 fully saturated rings. The van der Waals surface area contributed by atoms with Crippen molar-refractivity contribution in [2.24, 2.45) is 10.4 Å². The van der Waals surface area contributed by atoms with Gasteiger partial charge in [0.1, 0.15) is 0 Å². The van der Waals surface area contributed by atoms with Crippen LogP contribution in [0.25, 0.3) is 0 Å². The number of guanidine groups is 1. The summed E-state index contributed by atoms with van der Waals surface area (Å²) in [4.78, 5) is 9.50. The topological polar surface area (TPSA) is 52.1 Å². The molecule has 1 aromatic carbocycles. The molecule has 1 heterocycles. The molecule has 6 heteroatoms. The molecular weight excluding hydrogens is 374 g/mol. The maximum absolute atomic E-state index is 5.30. The Labute approximate surface area is 183 Å². The fraction of sp³-hybridized carbons (Fsp3) is 0.708. The van der Waals surface area contributed by atoms with E-state index in [4.69, 9.17) is 4.74 Å². The Morgan fingerprint density at radius 3 is 2.60 bits per heavy atom. The molecule has 6 nitrogen and oxygen atoms in total. The van der Waals surface area contributed by atoms with Crippen molar-refractivity contribution in [1.29, 1.82) is 0 Å². The number of nitrogens with one attached hydrogen (secondary N) is 2. The summed E-state index contributed by atoms with van der Waals surface area (Å²) in [6.45, 7) is 10.6. The lowest BCUT2D eigenvalue weighted by Gasteiger charge is -2.42. The molecule has 1 aromatic rings. The fourth-order valence-corrected chi connectivity index (χ4v) is 4.57. The van der Waals surface area contributed by atoms with E-state index in [0.717, 1.165) is 71.2 Å². The van der Waals surface area contributed by atoms with Gasteiger partial charge < -0.3 is 20.3 Å². The standard InChI is InChI=1S/C24H41N5O/c1-21-7-4-8-22(19-21)29-16-14-28(15-17-29)13-6-12-26-23(25-2)27-20-24(9-5-10-24)11-18-30-3/h4,7-8,19H,5-6,9-18,20H2,1-3H3,(H2,25,26,27). The highest BCUT2D eigenvalue weighted by molar-refractivity contribution is 5.79. The van der Waals surface area contributed by atoms with E-state index in [-0.39, 0.29) is 0 Å². The van der Waals surface area contributed by atoms with Crippen molar-refractivity contribution in [2.75, 3.05) is 71.5 Å². The molecular formula is C24H41N5O. The molecule has 1 aliphatic carbocycles. The molecule has 0 aromatic heterocycles. The maximum atomic E-state index is 5.30. The van der Waals surface area contributed by atoms with E-state index in [0.29, 0.717) is 5.41 Å². The predicted molar refractivity (Wildman–Crippen MR) is 127 cm³/mol. The van der Waals surface area contributed by atoms with Crippen molar-refractivity contribution in [3.8, 4) is 0 Å². The zero-order chi connectivity index (χ0) is 21.2. The van der Waals surface area contributed by atoms with Gasteiger partial charge in [-0.3, -0.25) is 9.89 Å². The maximum Gasteiger partial charge on any atom is 0.190 e. The Morgan fingerprint density at radius 1 is 1.17 bits per heavy atom. The fourth-order valence-electron chi connectivity index (χ4n) is 4.57. The minimum atomic E-state index is 0.407. The molecule has 0 atom stereocenters. The molecule has 3 rings (SSSR count). The summed E-state index contributed by atoms with van der Waals surface area (Å²) in [6, 6.07) is 8.85. The summed E-state index contributed by atoms with van der Waals surface area (Å²) in [5.74, 6) is 0.933. The number of hydrogen-bond acceptors (Lipinski definition) is 4. The number of hydrogen-bond donors (Lipinski definition) is 2. The van der Waals surface area contributed by atoms with E-state index in [2.05, 4.69) is 56.6 Å². The lowest BCUT2D eigenvalue weighted by Crippen LogP contribution is -2.48. The predicted octanol–water partition coefficient (Wildman–Crippen LogP) is 2.88. The molecule has 1 saturated carbocycles. The number of aliphatic imine (C=N–C) groups is 1. The number of methoxy groups -OCH3 is 1. The van der Waals surface area contributed by atoms with Crippen LogP contribution < -0.4 is 15.5 Å². The molecule has 0 spiro atoms. The van der Waals surface area contributed by atoms with Crippen LogP contribution in [0.5, 0.6) is 0 Å². The molecule has 1 aliphatic heterocycles. The van der Waals surface area contributed by atoms with Gasteiger partial charge in [-0.1, -0.05) is 18.6 Å². The van der Waals surface area contributed by atoms with Crippen LogP contribution in [0.15, 0.2) is 29.3 Å². The van der Waals surface area contributed by atoms with E-state index in [1.807, 2.05) is 7.05 Å². The van der Waals surface area contributed by atoms with Gasteiger partial charge in [0.2, 0.25) is 0 Å². The number of benzene rings is 1. The van der Waals surface area contributed by atoms with Gasteiger partial charge in [0.15, 0.2) is 5.96 Å². The van der Waals surface area contributed by atoms with Crippen LogP contribution in [0.3, 0.4) is 0 Å². The second-order valence-corrected chi connectivity index (χ2v) is 8.97. The van der Waals surface area contributed by atoms with Crippen LogP contribution >= 0.6 is 0 Å². The Bertz CT molecular complexity index is 665. The van der Waals surface area contributed by atoms with Gasteiger partial charge in [-0.2, -0.15) is 0 Å². The van der Waals surface area contributed by atoms with Gasteiger partial charge in [0.05, 0.1) is 0 Å². The second-order valence-electron chi connectivity index (χ2n) is 8.97. The van der Waals surface area contributed by atoms with Crippen LogP contribution in [0.2, 0.25) is 0 Å². The summed E-state index contributed by atoms with van der Waals surface area (Å²) in [5, 5.41) is 7.05. The first-order valence-corrected chi connectivity index (χ1v) is 11.6. The third-order valence-corrected chi connectivity index (χ3v) is 6.79. The first-order valence-electron chi connectivity index (χ1n) is 11.6. The largest absolute Gasteiger partial charge is 0.385 e. The number of piperazine rings is 1. The number of ether oxygens (including phenoxy) is 1. The van der Waals surface area contributed by atoms with Crippen molar-refractivity contribution in [2.45, 2.75) is 39.0 Å². The quantitative estimate of drug-likeness (QED) is 0.350. The first-order chi connectivity index (χ1) is 14.6. The highest BCUT2D eigenvalue weighted by Crippen LogP contribution is 2.43. The molecule has 30 heavy (non-hydrogen) atoms. The minimum absolute atomic E-state index is 0.407. The zero-order valence-electron chi connectivity index (χ0n) is 19.3. The highest BCUT2D eigenvalue weighted by atomic mass is 16.5. The zero-order valence-corrected chi connectivity index (χ0v) is 19.3. The van der Waals surface area contributed by atoms with Gasteiger partial charge in [0, 0.05) is 65.7 Å². The van der Waals surface area contributed by atoms with E-state index < -0.39 is 0 Å². The van der Waals surface area contributed by atoms with Gasteiger partial charge in [-0.25, -0.2) is 0 Å². The van der Waals surface area contributed by atoms with E-state index in [9.17, 15) is 0 Å². The van der Waals surface area contributed by atoms with Crippen LogP contribution in [0.1, 0.15) is 37.7 Å². The number of anilines is 1. The number of nitrogens with zero attached hydrogens (tertiary/aromatic N) is 3. The van der Waals surface area contributed by atoms with Crippen molar-refractivity contribution in [3.05, 3.63) is 29.8 Å². The SMILES string of the molecule is CN=C(NCCCN1CCN(c2cccc(C)c2)CC1)NCC1(CCOC)CCC1. The molecule has 2 N–H and O–H groups in total. The average Bonchev–Trinajstić information content (AvgIpc) is 2.74. The second kappa shape index (κ2) is 11.6. The molecule has 0 unspecified atom stereocenters. The lowest BCUT2D eigenvalue weighted by molar-refractivity contribution is 0.0732. The third kappa shape index (κ3) is 6.61. The first kappa shape index (κ1) is 22.9. The Morgan fingerprint density at radius 2 is 1.97 bits per heavy atom. The number of rotatable bonds is 10. The van der Waals surface area contributed by atoms with Gasteiger partial charge in [0.25, 0.3) is 0 Å². The van der Waals surface area contributed by atoms with Crippen molar-refractivity contribution >= 4 is 11.6 Å². The van der Waals surface area contributed by atoms with E-state index in [1.165, 1.54) is 30.5 Å². The van der Waals surface area contributed by atoms with Crippen molar-refractivity contribution in [3.63, 3.8) is 0 Å². The normalized spacial score (nSPS) is 19.4.